The van der Waals surface area contributed by atoms with Gasteiger partial charge < -0.3 is 10.8 Å². The smallest absolute Gasteiger partial charge is 0.0651 e. The molecule has 0 aromatic rings. The van der Waals surface area contributed by atoms with Gasteiger partial charge in [-0.05, 0) is 38.0 Å². The van der Waals surface area contributed by atoms with E-state index in [1.807, 2.05) is 0 Å². The van der Waals surface area contributed by atoms with Crippen molar-refractivity contribution in [1.82, 2.24) is 0 Å². The van der Waals surface area contributed by atoms with Crippen LogP contribution in [0, 0.1) is 5.92 Å². The molecule has 0 aromatic carbocycles. The van der Waals surface area contributed by atoms with Gasteiger partial charge in [0.2, 0.25) is 0 Å². The molecule has 2 saturated carbocycles. The fraction of sp³-hybridized carbons (Fsp3) is 1.00. The van der Waals surface area contributed by atoms with Crippen molar-refractivity contribution >= 4 is 0 Å². The molecule has 0 saturated heterocycles. The first kappa shape index (κ1) is 8.52. The van der Waals surface area contributed by atoms with Crippen LogP contribution in [0.1, 0.15) is 44.9 Å². The summed E-state index contributed by atoms with van der Waals surface area (Å²) in [6, 6.07) is 0.351. The maximum Gasteiger partial charge on any atom is 0.0651 e. The Morgan fingerprint density at radius 2 is 1.75 bits per heavy atom. The van der Waals surface area contributed by atoms with Crippen molar-refractivity contribution in [1.29, 1.82) is 0 Å². The zero-order chi connectivity index (χ0) is 8.60. The highest BCUT2D eigenvalue weighted by molar-refractivity contribution is 4.91. The Labute approximate surface area is 74.1 Å². The number of aliphatic hydroxyl groups is 1. The molecule has 0 spiro atoms. The molecule has 2 heteroatoms. The van der Waals surface area contributed by atoms with E-state index in [9.17, 15) is 5.11 Å². The molecule has 0 amide bonds. The summed E-state index contributed by atoms with van der Waals surface area (Å²) in [5.74, 6) is 0.837. The van der Waals surface area contributed by atoms with Crippen LogP contribution >= 0.6 is 0 Å². The molecule has 0 radical (unpaired) electrons. The Bertz CT molecular complexity index is 157. The minimum Gasteiger partial charge on any atom is -0.390 e. The van der Waals surface area contributed by atoms with Gasteiger partial charge in [0.1, 0.15) is 0 Å². The summed E-state index contributed by atoms with van der Waals surface area (Å²) in [5.41, 5.74) is 5.45. The van der Waals surface area contributed by atoms with Crippen LogP contribution in [0.4, 0.5) is 0 Å². The first-order chi connectivity index (χ1) is 5.68. The van der Waals surface area contributed by atoms with E-state index in [-0.39, 0.29) is 5.60 Å². The molecule has 2 nitrogen and oxygen atoms in total. The number of rotatable bonds is 2. The zero-order valence-electron chi connectivity index (χ0n) is 7.63. The average molecular weight is 169 g/mol. The van der Waals surface area contributed by atoms with Gasteiger partial charge in [-0.15, -0.1) is 0 Å². The van der Waals surface area contributed by atoms with Gasteiger partial charge in [0.15, 0.2) is 0 Å². The molecular formula is C10H19NO. The molecular weight excluding hydrogens is 150 g/mol. The van der Waals surface area contributed by atoms with Gasteiger partial charge in [0.05, 0.1) is 5.60 Å². The summed E-state index contributed by atoms with van der Waals surface area (Å²) >= 11 is 0. The molecule has 0 aromatic heterocycles. The second-order valence-corrected chi connectivity index (χ2v) is 4.71. The van der Waals surface area contributed by atoms with E-state index in [1.54, 1.807) is 0 Å². The second kappa shape index (κ2) is 3.00. The van der Waals surface area contributed by atoms with Crippen LogP contribution in [-0.2, 0) is 0 Å². The molecule has 0 bridgehead atoms. The van der Waals surface area contributed by atoms with E-state index in [1.165, 1.54) is 12.8 Å². The third-order valence-electron chi connectivity index (χ3n) is 3.33. The largest absolute Gasteiger partial charge is 0.390 e. The highest BCUT2D eigenvalue weighted by Gasteiger charge is 2.37. The molecule has 2 rings (SSSR count). The fourth-order valence-corrected chi connectivity index (χ4v) is 2.24. The van der Waals surface area contributed by atoms with Crippen LogP contribution in [0.5, 0.6) is 0 Å². The molecule has 12 heavy (non-hydrogen) atoms. The Kier molecular flexibility index (Phi) is 2.13. The van der Waals surface area contributed by atoms with Crippen molar-refractivity contribution in [3.63, 3.8) is 0 Å². The fourth-order valence-electron chi connectivity index (χ4n) is 2.24. The highest BCUT2D eigenvalue weighted by Crippen LogP contribution is 2.41. The predicted molar refractivity (Wildman–Crippen MR) is 48.7 cm³/mol. The standard InChI is InChI=1S/C10H19NO/c11-9-3-5-10(12,6-4-9)7-8-1-2-8/h8-9,12H,1-7,11H2. The van der Waals surface area contributed by atoms with Crippen molar-refractivity contribution in [3.8, 4) is 0 Å². The van der Waals surface area contributed by atoms with Crippen molar-refractivity contribution in [2.24, 2.45) is 11.7 Å². The van der Waals surface area contributed by atoms with Crippen molar-refractivity contribution < 1.29 is 5.11 Å². The maximum atomic E-state index is 10.1. The summed E-state index contributed by atoms with van der Waals surface area (Å²) in [5, 5.41) is 10.1. The van der Waals surface area contributed by atoms with Crippen LogP contribution in [0.25, 0.3) is 0 Å². The van der Waals surface area contributed by atoms with Crippen LogP contribution in [0.3, 0.4) is 0 Å². The SMILES string of the molecule is NC1CCC(O)(CC2CC2)CC1. The van der Waals surface area contributed by atoms with Crippen LogP contribution < -0.4 is 5.73 Å². The normalized spacial score (nSPS) is 43.0. The van der Waals surface area contributed by atoms with Gasteiger partial charge in [-0.3, -0.25) is 0 Å². The number of hydrogen-bond acceptors (Lipinski definition) is 2. The van der Waals surface area contributed by atoms with Crippen molar-refractivity contribution in [3.05, 3.63) is 0 Å². The Hall–Kier alpha value is -0.0800. The first-order valence-corrected chi connectivity index (χ1v) is 5.16. The summed E-state index contributed by atoms with van der Waals surface area (Å²) in [6.45, 7) is 0. The van der Waals surface area contributed by atoms with E-state index in [2.05, 4.69) is 0 Å². The van der Waals surface area contributed by atoms with Gasteiger partial charge >= 0.3 is 0 Å². The molecule has 2 aliphatic carbocycles. The van der Waals surface area contributed by atoms with Crippen LogP contribution in [0.2, 0.25) is 0 Å². The van der Waals surface area contributed by atoms with E-state index in [4.69, 9.17) is 5.73 Å². The first-order valence-electron chi connectivity index (χ1n) is 5.16. The van der Waals surface area contributed by atoms with Crippen molar-refractivity contribution in [2.75, 3.05) is 0 Å². The average Bonchev–Trinajstić information content (AvgIpc) is 2.80. The molecule has 2 aliphatic rings. The summed E-state index contributed by atoms with van der Waals surface area (Å²) in [6.07, 6.45) is 7.63. The van der Waals surface area contributed by atoms with Gasteiger partial charge in [0.25, 0.3) is 0 Å². The summed E-state index contributed by atoms with van der Waals surface area (Å²) in [7, 11) is 0. The summed E-state index contributed by atoms with van der Waals surface area (Å²) in [4.78, 5) is 0. The maximum absolute atomic E-state index is 10.1. The van der Waals surface area contributed by atoms with Crippen LogP contribution in [0.15, 0.2) is 0 Å². The summed E-state index contributed by atoms with van der Waals surface area (Å²) < 4.78 is 0. The minimum atomic E-state index is -0.336. The zero-order valence-corrected chi connectivity index (χ0v) is 7.63. The molecule has 0 atom stereocenters. The van der Waals surface area contributed by atoms with E-state index >= 15 is 0 Å². The van der Waals surface area contributed by atoms with Crippen LogP contribution in [-0.4, -0.2) is 16.7 Å². The van der Waals surface area contributed by atoms with E-state index in [0.29, 0.717) is 6.04 Å². The number of hydrogen-bond donors (Lipinski definition) is 2. The lowest BCUT2D eigenvalue weighted by atomic mass is 9.79. The predicted octanol–water partition coefficient (Wildman–Crippen LogP) is 1.42. The third-order valence-corrected chi connectivity index (χ3v) is 3.33. The van der Waals surface area contributed by atoms with Gasteiger partial charge in [-0.25, -0.2) is 0 Å². The minimum absolute atomic E-state index is 0.336. The van der Waals surface area contributed by atoms with Gasteiger partial charge in [-0.1, -0.05) is 12.8 Å². The highest BCUT2D eigenvalue weighted by atomic mass is 16.3. The Balaban J connectivity index is 1.83. The molecule has 70 valence electrons. The van der Waals surface area contributed by atoms with Gasteiger partial charge in [0, 0.05) is 6.04 Å². The molecule has 0 heterocycles. The lowest BCUT2D eigenvalue weighted by molar-refractivity contribution is -0.0125. The topological polar surface area (TPSA) is 46.2 Å². The second-order valence-electron chi connectivity index (χ2n) is 4.71. The lowest BCUT2D eigenvalue weighted by Gasteiger charge is -2.34. The van der Waals surface area contributed by atoms with Crippen molar-refractivity contribution in [2.45, 2.75) is 56.6 Å². The van der Waals surface area contributed by atoms with E-state index in [0.717, 1.165) is 38.0 Å². The molecule has 2 fully saturated rings. The molecule has 3 N–H and O–H groups in total. The van der Waals surface area contributed by atoms with E-state index < -0.39 is 0 Å². The third kappa shape index (κ3) is 1.99. The Morgan fingerprint density at radius 1 is 1.17 bits per heavy atom. The Morgan fingerprint density at radius 3 is 2.25 bits per heavy atom. The molecule has 0 unspecified atom stereocenters. The quantitative estimate of drug-likeness (QED) is 0.656. The lowest BCUT2D eigenvalue weighted by Crippen LogP contribution is -2.39. The molecule has 0 aliphatic heterocycles. The van der Waals surface area contributed by atoms with Gasteiger partial charge in [-0.2, -0.15) is 0 Å². The number of nitrogens with two attached hydrogens (primary N) is 1. The monoisotopic (exact) mass is 169 g/mol.